The summed E-state index contributed by atoms with van der Waals surface area (Å²) >= 11 is 0. The topological polar surface area (TPSA) is 49.7 Å². The second kappa shape index (κ2) is 3.17. The molecule has 14 heavy (non-hydrogen) atoms. The molecule has 0 radical (unpaired) electrons. The highest BCUT2D eigenvalue weighted by Crippen LogP contribution is 2.40. The molecule has 0 spiro atoms. The van der Waals surface area contributed by atoms with Crippen LogP contribution < -0.4 is 4.74 Å². The molecule has 1 aromatic rings. The molecule has 2 N–H and O–H groups in total. The molecule has 0 bridgehead atoms. The van der Waals surface area contributed by atoms with Gasteiger partial charge >= 0.3 is 0 Å². The van der Waals surface area contributed by atoms with Crippen molar-refractivity contribution in [3.63, 3.8) is 0 Å². The molecule has 3 heteroatoms. The largest absolute Gasteiger partial charge is 0.508 e. The molecule has 1 aliphatic carbocycles. The highest BCUT2D eigenvalue weighted by Gasteiger charge is 2.40. The summed E-state index contributed by atoms with van der Waals surface area (Å²) in [4.78, 5) is 0. The summed E-state index contributed by atoms with van der Waals surface area (Å²) in [6.45, 7) is 0. The SMILES string of the molecule is COc1ccc(O)c(CC2(O)CC2)c1. The Hall–Kier alpha value is -1.22. The fraction of sp³-hybridized carbons (Fsp3) is 0.455. The van der Waals surface area contributed by atoms with Crippen LogP contribution in [-0.4, -0.2) is 22.9 Å². The third-order valence-corrected chi connectivity index (χ3v) is 2.63. The van der Waals surface area contributed by atoms with Crippen molar-refractivity contribution >= 4 is 0 Å². The van der Waals surface area contributed by atoms with E-state index < -0.39 is 5.60 Å². The third kappa shape index (κ3) is 1.82. The van der Waals surface area contributed by atoms with Crippen LogP contribution in [0.25, 0.3) is 0 Å². The van der Waals surface area contributed by atoms with Crippen molar-refractivity contribution in [3.05, 3.63) is 23.8 Å². The molecule has 0 saturated heterocycles. The zero-order chi connectivity index (χ0) is 10.2. The van der Waals surface area contributed by atoms with Crippen LogP contribution in [0.2, 0.25) is 0 Å². The average molecular weight is 194 g/mol. The summed E-state index contributed by atoms with van der Waals surface area (Å²) in [5, 5.41) is 19.3. The van der Waals surface area contributed by atoms with Gasteiger partial charge < -0.3 is 14.9 Å². The van der Waals surface area contributed by atoms with Crippen molar-refractivity contribution in [3.8, 4) is 11.5 Å². The second-order valence-electron chi connectivity index (χ2n) is 3.90. The highest BCUT2D eigenvalue weighted by molar-refractivity contribution is 5.40. The minimum absolute atomic E-state index is 0.228. The van der Waals surface area contributed by atoms with E-state index in [1.165, 1.54) is 0 Å². The summed E-state index contributed by atoms with van der Waals surface area (Å²) in [6.07, 6.45) is 2.16. The molecule has 0 unspecified atom stereocenters. The van der Waals surface area contributed by atoms with Gasteiger partial charge in [0.2, 0.25) is 0 Å². The lowest BCUT2D eigenvalue weighted by Crippen LogP contribution is -2.10. The van der Waals surface area contributed by atoms with Crippen LogP contribution in [0.4, 0.5) is 0 Å². The van der Waals surface area contributed by atoms with E-state index in [0.717, 1.165) is 18.4 Å². The Bertz CT molecular complexity index is 342. The predicted molar refractivity (Wildman–Crippen MR) is 52.5 cm³/mol. The number of aromatic hydroxyl groups is 1. The number of hydrogen-bond donors (Lipinski definition) is 2. The Morgan fingerprint density at radius 3 is 2.71 bits per heavy atom. The van der Waals surface area contributed by atoms with E-state index in [4.69, 9.17) is 4.74 Å². The predicted octanol–water partition coefficient (Wildman–Crippen LogP) is 1.47. The van der Waals surface area contributed by atoms with Crippen molar-refractivity contribution in [1.82, 2.24) is 0 Å². The monoisotopic (exact) mass is 194 g/mol. The number of methoxy groups -OCH3 is 1. The van der Waals surface area contributed by atoms with Gasteiger partial charge in [0.05, 0.1) is 12.7 Å². The lowest BCUT2D eigenvalue weighted by Gasteiger charge is -2.10. The minimum atomic E-state index is -0.580. The summed E-state index contributed by atoms with van der Waals surface area (Å²) < 4.78 is 5.05. The van der Waals surface area contributed by atoms with E-state index in [-0.39, 0.29) is 5.75 Å². The van der Waals surface area contributed by atoms with E-state index in [1.807, 2.05) is 0 Å². The van der Waals surface area contributed by atoms with E-state index in [9.17, 15) is 10.2 Å². The van der Waals surface area contributed by atoms with Crippen molar-refractivity contribution in [1.29, 1.82) is 0 Å². The smallest absolute Gasteiger partial charge is 0.119 e. The summed E-state index contributed by atoms with van der Waals surface area (Å²) in [5.74, 6) is 0.938. The lowest BCUT2D eigenvalue weighted by molar-refractivity contribution is 0.150. The Morgan fingerprint density at radius 1 is 1.43 bits per heavy atom. The molecule has 0 amide bonds. The highest BCUT2D eigenvalue weighted by atomic mass is 16.5. The first-order valence-corrected chi connectivity index (χ1v) is 4.71. The zero-order valence-electron chi connectivity index (χ0n) is 8.16. The number of hydrogen-bond acceptors (Lipinski definition) is 3. The first kappa shape index (κ1) is 9.34. The van der Waals surface area contributed by atoms with E-state index in [0.29, 0.717) is 12.2 Å². The van der Waals surface area contributed by atoms with E-state index in [1.54, 1.807) is 25.3 Å². The van der Waals surface area contributed by atoms with Gasteiger partial charge in [-0.05, 0) is 31.0 Å². The van der Waals surface area contributed by atoms with Crippen molar-refractivity contribution in [2.24, 2.45) is 0 Å². The lowest BCUT2D eigenvalue weighted by atomic mass is 10.1. The van der Waals surface area contributed by atoms with Gasteiger partial charge in [-0.25, -0.2) is 0 Å². The second-order valence-corrected chi connectivity index (χ2v) is 3.90. The van der Waals surface area contributed by atoms with Crippen LogP contribution in [0.5, 0.6) is 11.5 Å². The standard InChI is InChI=1S/C11H14O3/c1-14-9-2-3-10(12)8(6-9)7-11(13)4-5-11/h2-3,6,12-13H,4-5,7H2,1H3. The minimum Gasteiger partial charge on any atom is -0.508 e. The molecule has 2 rings (SSSR count). The van der Waals surface area contributed by atoms with Gasteiger partial charge in [0, 0.05) is 12.0 Å². The van der Waals surface area contributed by atoms with Crippen molar-refractivity contribution in [2.75, 3.05) is 7.11 Å². The van der Waals surface area contributed by atoms with Crippen molar-refractivity contribution < 1.29 is 14.9 Å². The van der Waals surface area contributed by atoms with Gasteiger partial charge in [-0.2, -0.15) is 0 Å². The molecule has 3 nitrogen and oxygen atoms in total. The maximum absolute atomic E-state index is 9.72. The fourth-order valence-electron chi connectivity index (χ4n) is 1.51. The van der Waals surface area contributed by atoms with Crippen molar-refractivity contribution in [2.45, 2.75) is 24.9 Å². The van der Waals surface area contributed by atoms with Crippen LogP contribution in [-0.2, 0) is 6.42 Å². The molecule has 0 atom stereocenters. The van der Waals surface area contributed by atoms with Crippen LogP contribution in [0.15, 0.2) is 18.2 Å². The maximum Gasteiger partial charge on any atom is 0.119 e. The normalized spacial score (nSPS) is 17.9. The molecule has 0 aromatic heterocycles. The van der Waals surface area contributed by atoms with Crippen LogP contribution in [0, 0.1) is 0 Å². The summed E-state index contributed by atoms with van der Waals surface area (Å²) in [7, 11) is 1.59. The number of phenols is 1. The molecule has 76 valence electrons. The summed E-state index contributed by atoms with van der Waals surface area (Å²) in [6, 6.07) is 5.07. The maximum atomic E-state index is 9.72. The Morgan fingerprint density at radius 2 is 2.14 bits per heavy atom. The average Bonchev–Trinajstić information content (AvgIpc) is 2.88. The number of aliphatic hydroxyl groups is 1. The molecule has 1 aliphatic rings. The number of phenolic OH excluding ortho intramolecular Hbond substituents is 1. The van der Waals surface area contributed by atoms with Gasteiger partial charge in [-0.3, -0.25) is 0 Å². The van der Waals surface area contributed by atoms with Gasteiger partial charge in [-0.15, -0.1) is 0 Å². The van der Waals surface area contributed by atoms with E-state index >= 15 is 0 Å². The van der Waals surface area contributed by atoms with E-state index in [2.05, 4.69) is 0 Å². The molecular formula is C11H14O3. The van der Waals surface area contributed by atoms with Gasteiger partial charge in [0.1, 0.15) is 11.5 Å². The quantitative estimate of drug-likeness (QED) is 0.766. The molecule has 1 fully saturated rings. The molecular weight excluding hydrogens is 180 g/mol. The fourth-order valence-corrected chi connectivity index (χ4v) is 1.51. The molecule has 1 aromatic carbocycles. The van der Waals surface area contributed by atoms with Crippen LogP contribution in [0.3, 0.4) is 0 Å². The molecule has 0 aliphatic heterocycles. The Labute approximate surface area is 83.0 Å². The Balaban J connectivity index is 2.22. The molecule has 0 heterocycles. The zero-order valence-corrected chi connectivity index (χ0v) is 8.16. The van der Waals surface area contributed by atoms with Gasteiger partial charge in [0.15, 0.2) is 0 Å². The van der Waals surface area contributed by atoms with Crippen LogP contribution >= 0.6 is 0 Å². The summed E-state index contributed by atoms with van der Waals surface area (Å²) in [5.41, 5.74) is 0.175. The molecule has 1 saturated carbocycles. The number of ether oxygens (including phenoxy) is 1. The third-order valence-electron chi connectivity index (χ3n) is 2.63. The van der Waals surface area contributed by atoms with Gasteiger partial charge in [0.25, 0.3) is 0 Å². The Kier molecular flexibility index (Phi) is 2.11. The first-order chi connectivity index (χ1) is 6.63. The number of rotatable bonds is 3. The van der Waals surface area contributed by atoms with Gasteiger partial charge in [-0.1, -0.05) is 0 Å². The van der Waals surface area contributed by atoms with Crippen LogP contribution in [0.1, 0.15) is 18.4 Å². The first-order valence-electron chi connectivity index (χ1n) is 4.71. The number of benzene rings is 1.